The van der Waals surface area contributed by atoms with Gasteiger partial charge in [-0.3, -0.25) is 4.79 Å². The van der Waals surface area contributed by atoms with Crippen molar-refractivity contribution >= 4 is 28.3 Å². The van der Waals surface area contributed by atoms with E-state index in [1.807, 2.05) is 56.3 Å². The van der Waals surface area contributed by atoms with Crippen molar-refractivity contribution in [2.24, 2.45) is 0 Å². The van der Waals surface area contributed by atoms with Gasteiger partial charge in [0.15, 0.2) is 6.10 Å². The van der Waals surface area contributed by atoms with E-state index in [4.69, 9.17) is 9.15 Å². The summed E-state index contributed by atoms with van der Waals surface area (Å²) >= 11 is 0. The molecule has 0 spiro atoms. The van der Waals surface area contributed by atoms with Gasteiger partial charge in [-0.15, -0.1) is 0 Å². The van der Waals surface area contributed by atoms with Crippen LogP contribution < -0.4 is 20.6 Å². The highest BCUT2D eigenvalue weighted by molar-refractivity contribution is 5.94. The van der Waals surface area contributed by atoms with Crippen LogP contribution in [0.3, 0.4) is 0 Å². The molecule has 3 rings (SSSR count). The summed E-state index contributed by atoms with van der Waals surface area (Å²) in [5.41, 5.74) is 2.60. The first kappa shape index (κ1) is 18.5. The van der Waals surface area contributed by atoms with E-state index in [9.17, 15) is 9.59 Å². The largest absolute Gasteiger partial charge is 0.481 e. The van der Waals surface area contributed by atoms with Crippen molar-refractivity contribution in [2.45, 2.75) is 20.0 Å². The predicted molar refractivity (Wildman–Crippen MR) is 107 cm³/mol. The fraction of sp³-hybridized carbons (Fsp3) is 0.238. The van der Waals surface area contributed by atoms with Crippen LogP contribution >= 0.6 is 0 Å². The quantitative estimate of drug-likeness (QED) is 0.699. The van der Waals surface area contributed by atoms with E-state index in [0.717, 1.165) is 16.6 Å². The minimum atomic E-state index is -0.715. The van der Waals surface area contributed by atoms with Crippen LogP contribution in [0, 0.1) is 6.92 Å². The predicted octanol–water partition coefficient (Wildman–Crippen LogP) is 3.57. The number of benzene rings is 2. The van der Waals surface area contributed by atoms with Gasteiger partial charge in [-0.25, -0.2) is 4.79 Å². The van der Waals surface area contributed by atoms with Crippen molar-refractivity contribution in [3.63, 3.8) is 0 Å². The Kier molecular flexibility index (Phi) is 5.16. The minimum absolute atomic E-state index is 0.265. The third-order valence-electron chi connectivity index (χ3n) is 4.26. The monoisotopic (exact) mass is 366 g/mol. The molecule has 2 aromatic carbocycles. The van der Waals surface area contributed by atoms with Crippen LogP contribution in [0.25, 0.3) is 11.0 Å². The molecule has 0 bridgehead atoms. The number of hydrogen-bond acceptors (Lipinski definition) is 5. The number of carbonyl (C=O) groups excluding carboxylic acids is 1. The Hall–Kier alpha value is -3.28. The third-order valence-corrected chi connectivity index (χ3v) is 4.26. The van der Waals surface area contributed by atoms with Crippen LogP contribution in [0.15, 0.2) is 57.7 Å². The van der Waals surface area contributed by atoms with Crippen molar-refractivity contribution < 1.29 is 13.9 Å². The molecule has 3 aromatic rings. The summed E-state index contributed by atoms with van der Waals surface area (Å²) in [7, 11) is 3.91. The summed E-state index contributed by atoms with van der Waals surface area (Å²) in [6.07, 6.45) is -0.715. The van der Waals surface area contributed by atoms with Gasteiger partial charge in [-0.1, -0.05) is 0 Å². The summed E-state index contributed by atoms with van der Waals surface area (Å²) in [6, 6.07) is 14.2. The summed E-state index contributed by atoms with van der Waals surface area (Å²) in [4.78, 5) is 25.9. The molecule has 0 fully saturated rings. The molecule has 0 aliphatic heterocycles. The molecule has 27 heavy (non-hydrogen) atoms. The molecule has 1 unspecified atom stereocenters. The first-order valence-electron chi connectivity index (χ1n) is 8.63. The zero-order valence-electron chi connectivity index (χ0n) is 15.8. The van der Waals surface area contributed by atoms with Crippen LogP contribution in [-0.2, 0) is 4.79 Å². The van der Waals surface area contributed by atoms with Gasteiger partial charge in [0, 0.05) is 43.0 Å². The van der Waals surface area contributed by atoms with E-state index < -0.39 is 11.7 Å². The van der Waals surface area contributed by atoms with Crippen LogP contribution in [-0.4, -0.2) is 26.1 Å². The number of anilines is 2. The summed E-state index contributed by atoms with van der Waals surface area (Å²) in [6.45, 7) is 3.51. The van der Waals surface area contributed by atoms with Crippen LogP contribution in [0.2, 0.25) is 0 Å². The summed E-state index contributed by atoms with van der Waals surface area (Å²) < 4.78 is 10.9. The zero-order chi connectivity index (χ0) is 19.6. The Bertz CT molecular complexity index is 1020. The van der Waals surface area contributed by atoms with Gasteiger partial charge in [0.2, 0.25) is 0 Å². The molecule has 1 N–H and O–H groups in total. The molecular weight excluding hydrogens is 344 g/mol. The van der Waals surface area contributed by atoms with E-state index in [1.54, 1.807) is 19.1 Å². The third kappa shape index (κ3) is 4.28. The normalized spacial score (nSPS) is 11.9. The smallest absolute Gasteiger partial charge is 0.336 e. The Morgan fingerprint density at radius 2 is 1.81 bits per heavy atom. The maximum absolute atomic E-state index is 12.4. The Morgan fingerprint density at radius 3 is 2.48 bits per heavy atom. The molecule has 1 atom stereocenters. The van der Waals surface area contributed by atoms with Crippen molar-refractivity contribution in [3.8, 4) is 5.75 Å². The highest BCUT2D eigenvalue weighted by atomic mass is 16.5. The fourth-order valence-corrected chi connectivity index (χ4v) is 2.72. The van der Waals surface area contributed by atoms with E-state index in [-0.39, 0.29) is 5.91 Å². The van der Waals surface area contributed by atoms with E-state index in [0.29, 0.717) is 17.0 Å². The SMILES string of the molecule is Cc1cc(=O)oc2cc(OC(C)C(=O)Nc3ccc(N(C)C)cc3)ccc12. The number of nitrogens with one attached hydrogen (secondary N) is 1. The molecule has 6 heteroatoms. The van der Waals surface area contributed by atoms with Crippen molar-refractivity contribution in [2.75, 3.05) is 24.3 Å². The molecule has 0 saturated carbocycles. The molecule has 140 valence electrons. The standard InChI is InChI=1S/C21H22N2O4/c1-13-11-20(24)27-19-12-17(9-10-18(13)19)26-14(2)21(25)22-15-5-7-16(8-6-15)23(3)4/h5-12,14H,1-4H3,(H,22,25). The molecule has 1 aromatic heterocycles. The number of rotatable bonds is 5. The van der Waals surface area contributed by atoms with Gasteiger partial charge >= 0.3 is 5.63 Å². The number of carbonyl (C=O) groups is 1. The van der Waals surface area contributed by atoms with Gasteiger partial charge in [0.1, 0.15) is 11.3 Å². The van der Waals surface area contributed by atoms with Gasteiger partial charge < -0.3 is 19.4 Å². The van der Waals surface area contributed by atoms with Crippen molar-refractivity contribution in [3.05, 3.63) is 64.5 Å². The molecule has 1 amide bonds. The second-order valence-corrected chi connectivity index (χ2v) is 6.60. The van der Waals surface area contributed by atoms with Gasteiger partial charge in [-0.2, -0.15) is 0 Å². The molecule has 1 heterocycles. The average molecular weight is 366 g/mol. The highest BCUT2D eigenvalue weighted by Gasteiger charge is 2.16. The lowest BCUT2D eigenvalue weighted by atomic mass is 10.1. The van der Waals surface area contributed by atoms with Crippen LogP contribution in [0.4, 0.5) is 11.4 Å². The second-order valence-electron chi connectivity index (χ2n) is 6.60. The highest BCUT2D eigenvalue weighted by Crippen LogP contribution is 2.23. The maximum atomic E-state index is 12.4. The lowest BCUT2D eigenvalue weighted by Gasteiger charge is -2.16. The maximum Gasteiger partial charge on any atom is 0.336 e. The molecule has 0 aliphatic carbocycles. The lowest BCUT2D eigenvalue weighted by molar-refractivity contribution is -0.122. The van der Waals surface area contributed by atoms with Gasteiger partial charge in [-0.05, 0) is 55.8 Å². The summed E-state index contributed by atoms with van der Waals surface area (Å²) in [5, 5.41) is 3.66. The molecule has 6 nitrogen and oxygen atoms in total. The number of amides is 1. The first-order valence-corrected chi connectivity index (χ1v) is 8.63. The lowest BCUT2D eigenvalue weighted by Crippen LogP contribution is -2.30. The Labute approximate surface area is 157 Å². The topological polar surface area (TPSA) is 71.8 Å². The van der Waals surface area contributed by atoms with Crippen molar-refractivity contribution in [1.82, 2.24) is 0 Å². The second kappa shape index (κ2) is 7.53. The number of hydrogen-bond donors (Lipinski definition) is 1. The number of ether oxygens (including phenoxy) is 1. The average Bonchev–Trinajstić information content (AvgIpc) is 2.61. The molecular formula is C21H22N2O4. The molecule has 0 aliphatic rings. The van der Waals surface area contributed by atoms with Crippen molar-refractivity contribution in [1.29, 1.82) is 0 Å². The van der Waals surface area contributed by atoms with Crippen LogP contribution in [0.1, 0.15) is 12.5 Å². The first-order chi connectivity index (χ1) is 12.8. The zero-order valence-corrected chi connectivity index (χ0v) is 15.8. The van der Waals surface area contributed by atoms with Gasteiger partial charge in [0.25, 0.3) is 5.91 Å². The Morgan fingerprint density at radius 1 is 1.11 bits per heavy atom. The van der Waals surface area contributed by atoms with Crippen LogP contribution in [0.5, 0.6) is 5.75 Å². The summed E-state index contributed by atoms with van der Waals surface area (Å²) in [5.74, 6) is 0.195. The molecule has 0 saturated heterocycles. The fourth-order valence-electron chi connectivity index (χ4n) is 2.72. The number of fused-ring (bicyclic) bond motifs is 1. The Balaban J connectivity index is 1.70. The number of nitrogens with zero attached hydrogens (tertiary/aromatic N) is 1. The van der Waals surface area contributed by atoms with E-state index in [1.165, 1.54) is 6.07 Å². The minimum Gasteiger partial charge on any atom is -0.481 e. The number of aryl methyl sites for hydroxylation is 1. The van der Waals surface area contributed by atoms with E-state index >= 15 is 0 Å². The van der Waals surface area contributed by atoms with E-state index in [2.05, 4.69) is 5.32 Å². The molecule has 0 radical (unpaired) electrons. The van der Waals surface area contributed by atoms with Gasteiger partial charge in [0.05, 0.1) is 0 Å².